The van der Waals surface area contributed by atoms with Crippen LogP contribution in [0.25, 0.3) is 15.8 Å². The van der Waals surface area contributed by atoms with Gasteiger partial charge < -0.3 is 9.47 Å². The van der Waals surface area contributed by atoms with Crippen molar-refractivity contribution in [2.45, 2.75) is 19.3 Å². The Balaban J connectivity index is 1.71. The van der Waals surface area contributed by atoms with Gasteiger partial charge in [0.25, 0.3) is 0 Å². The van der Waals surface area contributed by atoms with E-state index in [1.54, 1.807) is 11.3 Å². The van der Waals surface area contributed by atoms with Crippen LogP contribution in [-0.4, -0.2) is 28.6 Å². The van der Waals surface area contributed by atoms with Crippen molar-refractivity contribution in [3.63, 3.8) is 0 Å². The molecule has 118 valence electrons. The molecule has 4 rings (SSSR count). The van der Waals surface area contributed by atoms with Crippen molar-refractivity contribution in [3.8, 4) is 5.69 Å². The summed E-state index contributed by atoms with van der Waals surface area (Å²) in [5, 5.41) is 5.23. The molecule has 2 aromatic heterocycles. The topological polar surface area (TPSA) is 37.3 Å². The summed E-state index contributed by atoms with van der Waals surface area (Å²) in [4.78, 5) is 14.5. The molecule has 5 heteroatoms. The van der Waals surface area contributed by atoms with Gasteiger partial charge in [0.05, 0.1) is 5.69 Å². The lowest BCUT2D eigenvalue weighted by molar-refractivity contribution is 0.200. The molecule has 0 saturated carbocycles. The number of nitrogens with one attached hydrogen (secondary N) is 1. The summed E-state index contributed by atoms with van der Waals surface area (Å²) in [6.07, 6.45) is 7.46. The molecule has 1 aliphatic rings. The number of nitrogens with zero attached hydrogens (tertiary/aromatic N) is 2. The predicted molar refractivity (Wildman–Crippen MR) is 95.6 cm³/mol. The maximum atomic E-state index is 12.6. The molecule has 1 saturated heterocycles. The van der Waals surface area contributed by atoms with E-state index in [2.05, 4.69) is 22.0 Å². The van der Waals surface area contributed by atoms with E-state index < -0.39 is 0 Å². The summed E-state index contributed by atoms with van der Waals surface area (Å²) < 4.78 is 3.26. The van der Waals surface area contributed by atoms with Crippen molar-refractivity contribution in [3.05, 3.63) is 48.8 Å². The number of benzene rings is 1. The minimum absolute atomic E-state index is 0.0182. The van der Waals surface area contributed by atoms with Crippen LogP contribution in [-0.2, 0) is 0 Å². The lowest BCUT2D eigenvalue weighted by Crippen LogP contribution is -2.38. The summed E-state index contributed by atoms with van der Waals surface area (Å²) in [5.74, 6) is 0. The summed E-state index contributed by atoms with van der Waals surface area (Å²) in [6, 6.07) is 12.3. The summed E-state index contributed by atoms with van der Waals surface area (Å²) in [6.45, 7) is 1.71. The number of carbonyl (C=O) groups excluding carboxylic acids is 1. The Morgan fingerprint density at radius 2 is 1.74 bits per heavy atom. The van der Waals surface area contributed by atoms with Gasteiger partial charge in [0.15, 0.2) is 0 Å². The number of piperidine rings is 1. The molecular weight excluding hydrogens is 306 g/mol. The first kappa shape index (κ1) is 14.3. The smallest absolute Gasteiger partial charge is 0.322 e. The molecule has 1 fully saturated rings. The van der Waals surface area contributed by atoms with Gasteiger partial charge in [-0.2, -0.15) is 0 Å². The average molecular weight is 325 g/mol. The molecule has 0 bridgehead atoms. The van der Waals surface area contributed by atoms with E-state index in [-0.39, 0.29) is 6.03 Å². The van der Waals surface area contributed by atoms with Gasteiger partial charge in [-0.25, -0.2) is 4.79 Å². The second-order valence-corrected chi connectivity index (χ2v) is 6.90. The summed E-state index contributed by atoms with van der Waals surface area (Å²) in [5.41, 5.74) is 1.06. The first-order valence-corrected chi connectivity index (χ1v) is 8.85. The molecule has 1 aliphatic heterocycles. The Labute approximate surface area is 139 Å². The van der Waals surface area contributed by atoms with Gasteiger partial charge in [0, 0.05) is 35.6 Å². The number of fused-ring (bicyclic) bond motifs is 1. The van der Waals surface area contributed by atoms with Gasteiger partial charge in [-0.15, -0.1) is 11.3 Å². The number of hydrogen-bond acceptors (Lipinski definition) is 2. The summed E-state index contributed by atoms with van der Waals surface area (Å²) >= 11 is 1.64. The van der Waals surface area contributed by atoms with Crippen LogP contribution in [0.1, 0.15) is 19.3 Å². The molecule has 1 aromatic carbocycles. The number of aromatic nitrogens is 1. The van der Waals surface area contributed by atoms with Gasteiger partial charge in [-0.05, 0) is 37.5 Å². The molecule has 3 heterocycles. The number of anilines is 1. The number of rotatable bonds is 2. The van der Waals surface area contributed by atoms with Crippen molar-refractivity contribution in [1.29, 1.82) is 0 Å². The van der Waals surface area contributed by atoms with Gasteiger partial charge in [-0.1, -0.05) is 18.2 Å². The zero-order valence-electron chi connectivity index (χ0n) is 12.9. The molecule has 3 aromatic rings. The third kappa shape index (κ3) is 2.72. The Hall–Kier alpha value is -2.27. The quantitative estimate of drug-likeness (QED) is 0.728. The molecule has 0 spiro atoms. The van der Waals surface area contributed by atoms with Crippen LogP contribution in [0.5, 0.6) is 0 Å². The van der Waals surface area contributed by atoms with E-state index in [4.69, 9.17) is 0 Å². The highest BCUT2D eigenvalue weighted by Gasteiger charge is 2.20. The average Bonchev–Trinajstić information content (AvgIpc) is 3.22. The van der Waals surface area contributed by atoms with Gasteiger partial charge in [0.1, 0.15) is 5.00 Å². The number of thiophene rings is 1. The van der Waals surface area contributed by atoms with E-state index in [0.29, 0.717) is 0 Å². The SMILES string of the molecule is O=C(Nc1sc2ccccc2c1-n1cccc1)N1CCCCC1. The largest absolute Gasteiger partial charge is 0.325 e. The van der Waals surface area contributed by atoms with Gasteiger partial charge in [-0.3, -0.25) is 5.32 Å². The zero-order chi connectivity index (χ0) is 15.6. The van der Waals surface area contributed by atoms with Crippen LogP contribution >= 0.6 is 11.3 Å². The van der Waals surface area contributed by atoms with Crippen LogP contribution < -0.4 is 5.32 Å². The van der Waals surface area contributed by atoms with E-state index in [9.17, 15) is 4.79 Å². The second-order valence-electron chi connectivity index (χ2n) is 5.84. The molecule has 0 unspecified atom stereocenters. The van der Waals surface area contributed by atoms with Gasteiger partial charge >= 0.3 is 6.03 Å². The number of hydrogen-bond donors (Lipinski definition) is 1. The Morgan fingerprint density at radius 1 is 1.00 bits per heavy atom. The van der Waals surface area contributed by atoms with Crippen LogP contribution in [0, 0.1) is 0 Å². The monoisotopic (exact) mass is 325 g/mol. The third-order valence-electron chi connectivity index (χ3n) is 4.30. The maximum Gasteiger partial charge on any atom is 0.322 e. The molecule has 1 N–H and O–H groups in total. The van der Waals surface area contributed by atoms with Crippen molar-refractivity contribution >= 4 is 32.5 Å². The van der Waals surface area contributed by atoms with Crippen molar-refractivity contribution in [1.82, 2.24) is 9.47 Å². The highest BCUT2D eigenvalue weighted by Crippen LogP contribution is 2.38. The fourth-order valence-electron chi connectivity index (χ4n) is 3.13. The van der Waals surface area contributed by atoms with E-state index in [1.165, 1.54) is 16.5 Å². The lowest BCUT2D eigenvalue weighted by atomic mass is 10.1. The van der Waals surface area contributed by atoms with E-state index in [1.807, 2.05) is 41.6 Å². The standard InChI is InChI=1S/C18H19N3OS/c22-18(21-12-4-1-5-13-21)19-17-16(20-10-6-7-11-20)14-8-2-3-9-15(14)23-17/h2-3,6-11H,1,4-5,12-13H2,(H,19,22). The Morgan fingerprint density at radius 3 is 2.52 bits per heavy atom. The molecule has 2 amide bonds. The van der Waals surface area contributed by atoms with Crippen LogP contribution in [0.4, 0.5) is 9.80 Å². The van der Waals surface area contributed by atoms with Crippen LogP contribution in [0.2, 0.25) is 0 Å². The minimum atomic E-state index is 0.0182. The fraction of sp³-hybridized carbons (Fsp3) is 0.278. The van der Waals surface area contributed by atoms with Crippen LogP contribution in [0.3, 0.4) is 0 Å². The Bertz CT molecular complexity index is 816. The second kappa shape index (κ2) is 6.08. The number of likely N-dealkylation sites (tertiary alicyclic amines) is 1. The highest BCUT2D eigenvalue weighted by atomic mass is 32.1. The predicted octanol–water partition coefficient (Wildman–Crippen LogP) is 4.71. The summed E-state index contributed by atoms with van der Waals surface area (Å²) in [7, 11) is 0. The molecular formula is C18H19N3OS. The Kier molecular flexibility index (Phi) is 3.79. The minimum Gasteiger partial charge on any atom is -0.325 e. The number of amides is 2. The van der Waals surface area contributed by atoms with Crippen molar-refractivity contribution in [2.24, 2.45) is 0 Å². The molecule has 0 atom stereocenters. The third-order valence-corrected chi connectivity index (χ3v) is 5.37. The maximum absolute atomic E-state index is 12.6. The highest BCUT2D eigenvalue weighted by molar-refractivity contribution is 7.23. The van der Waals surface area contributed by atoms with E-state index in [0.717, 1.165) is 36.6 Å². The van der Waals surface area contributed by atoms with Crippen LogP contribution in [0.15, 0.2) is 48.8 Å². The number of urea groups is 1. The first-order chi connectivity index (χ1) is 11.3. The molecule has 0 aliphatic carbocycles. The van der Waals surface area contributed by atoms with Crippen molar-refractivity contribution < 1.29 is 4.79 Å². The lowest BCUT2D eigenvalue weighted by Gasteiger charge is -2.26. The first-order valence-electron chi connectivity index (χ1n) is 8.04. The molecule has 4 nitrogen and oxygen atoms in total. The fourth-order valence-corrected chi connectivity index (χ4v) is 4.22. The van der Waals surface area contributed by atoms with Crippen molar-refractivity contribution in [2.75, 3.05) is 18.4 Å². The molecule has 0 radical (unpaired) electrons. The van der Waals surface area contributed by atoms with E-state index >= 15 is 0 Å². The zero-order valence-corrected chi connectivity index (χ0v) is 13.7. The number of carbonyl (C=O) groups is 1. The molecule has 23 heavy (non-hydrogen) atoms. The normalized spacial score (nSPS) is 15.0. The van der Waals surface area contributed by atoms with Gasteiger partial charge in [0.2, 0.25) is 0 Å².